The Morgan fingerprint density at radius 3 is 2.26 bits per heavy atom. The highest BCUT2D eigenvalue weighted by atomic mass is 32.2. The third kappa shape index (κ3) is 16.9. The molecule has 1 saturated heterocycles. The van der Waals surface area contributed by atoms with Gasteiger partial charge < -0.3 is 69.0 Å². The number of nitrogens with zero attached hydrogens (tertiary/aromatic N) is 4. The normalized spacial score (nSPS) is 20.5. The molecule has 1 fully saturated rings. The van der Waals surface area contributed by atoms with E-state index in [4.69, 9.17) is 10.5 Å². The second-order valence-electron chi connectivity index (χ2n) is 14.1. The van der Waals surface area contributed by atoms with Gasteiger partial charge in [-0.25, -0.2) is 19.3 Å². The molecular weight excluding hydrogens is 915 g/mol. The van der Waals surface area contributed by atoms with E-state index in [9.17, 15) is 72.2 Å². The number of hydrogen-bond donors (Lipinski definition) is 5. The quantitative estimate of drug-likeness (QED) is 0.0335. The molecule has 3 rings (SSSR count). The lowest BCUT2D eigenvalue weighted by Gasteiger charge is -2.36. The number of carbonyl (C=O) groups is 6. The minimum absolute atomic E-state index is 0.0112. The highest BCUT2D eigenvalue weighted by Crippen LogP contribution is 2.56. The molecule has 2 aromatic heterocycles. The van der Waals surface area contributed by atoms with Crippen LogP contribution >= 0.6 is 35.2 Å². The van der Waals surface area contributed by atoms with Crippen LogP contribution in [0.4, 0.5) is 5.82 Å². The van der Waals surface area contributed by atoms with Crippen LogP contribution in [0.25, 0.3) is 11.2 Å². The molecule has 0 aromatic carbocycles. The number of nitrogen functional groups attached to an aromatic ring is 1. The summed E-state index contributed by atoms with van der Waals surface area (Å²) in [5.74, 6) is -3.17. The van der Waals surface area contributed by atoms with E-state index in [2.05, 4.69) is 43.5 Å². The third-order valence-electron chi connectivity index (χ3n) is 8.40. The number of phosphoric acid groups is 3. The Morgan fingerprint density at radius 2 is 1.60 bits per heavy atom. The van der Waals surface area contributed by atoms with Gasteiger partial charge in [-0.3, -0.25) is 42.5 Å². The van der Waals surface area contributed by atoms with Crippen molar-refractivity contribution in [2.75, 3.05) is 37.8 Å². The molecule has 0 radical (unpaired) electrons. The second-order valence-corrected chi connectivity index (χ2v) is 19.3. The number of Topliss-reactive ketones (excluding diaryl/α,β-unsaturated/α-hetero) is 3. The van der Waals surface area contributed by atoms with Crippen molar-refractivity contribution in [1.82, 2.24) is 30.2 Å². The van der Waals surface area contributed by atoms with Gasteiger partial charge in [-0.1, -0.05) is 32.5 Å². The van der Waals surface area contributed by atoms with Crippen LogP contribution < -0.4 is 35.9 Å². The number of imidazole rings is 1. The van der Waals surface area contributed by atoms with Gasteiger partial charge in [0.1, 0.15) is 53.6 Å². The van der Waals surface area contributed by atoms with Crippen LogP contribution in [0.15, 0.2) is 12.7 Å². The van der Waals surface area contributed by atoms with Crippen molar-refractivity contribution < 1.29 is 94.9 Å². The number of aliphatic hydroxyl groups excluding tert-OH is 2. The van der Waals surface area contributed by atoms with Crippen LogP contribution in [0.3, 0.4) is 0 Å². The standard InChI is InChI=1S/C31H48N7O20P3S/c1-4-5-17(39)10-18(40)11-19(41)12-22(43)62-9-8-33-21(42)6-7-34-29(46)26(45)31(2,3)14-55-61(52,53)58-60(50,51)54-13-20-25(57-59(47,48)49)24(44)30(56-20)38-16-37-23-27(32)35-15-36-28(23)38/h15-16,20,24-26,30,44-45H,4-14H2,1-3H3,(H,33,42)(H,34,46)(H,50,51)(H,52,53)(H2,32,35,36)(H2,47,48,49)/p-4. The minimum atomic E-state index is -5.95. The molecule has 7 unspecified atom stereocenters. The van der Waals surface area contributed by atoms with Crippen molar-refractivity contribution in [1.29, 1.82) is 0 Å². The third-order valence-corrected chi connectivity index (χ3v) is 12.3. The van der Waals surface area contributed by atoms with Crippen molar-refractivity contribution in [2.24, 2.45) is 5.41 Å². The number of aliphatic hydroxyl groups is 2. The molecule has 0 saturated carbocycles. The molecule has 6 N–H and O–H groups in total. The van der Waals surface area contributed by atoms with Crippen LogP contribution in [0.1, 0.15) is 65.5 Å². The summed E-state index contributed by atoms with van der Waals surface area (Å²) in [6, 6.07) is 0. The Balaban J connectivity index is 1.42. The monoisotopic (exact) mass is 959 g/mol. The molecule has 0 spiro atoms. The molecule has 1 aliphatic rings. The number of nitrogens with two attached hydrogens (primary N) is 1. The molecule has 2 amide bonds. The van der Waals surface area contributed by atoms with Gasteiger partial charge in [0.15, 0.2) is 22.8 Å². The average Bonchev–Trinajstić information content (AvgIpc) is 3.71. The molecule has 31 heteroatoms. The Labute approximate surface area is 356 Å². The van der Waals surface area contributed by atoms with Crippen LogP contribution in [0, 0.1) is 5.41 Å². The fraction of sp³-hybridized carbons (Fsp3) is 0.645. The second kappa shape index (κ2) is 23.0. The summed E-state index contributed by atoms with van der Waals surface area (Å²) in [6.45, 7) is 1.42. The molecule has 0 aliphatic carbocycles. The van der Waals surface area contributed by atoms with Gasteiger partial charge in [0, 0.05) is 37.1 Å². The summed E-state index contributed by atoms with van der Waals surface area (Å²) in [4.78, 5) is 131. The van der Waals surface area contributed by atoms with Crippen LogP contribution in [0.2, 0.25) is 0 Å². The largest absolute Gasteiger partial charge is 0.790 e. The zero-order valence-electron chi connectivity index (χ0n) is 33.2. The van der Waals surface area contributed by atoms with Crippen molar-refractivity contribution in [3.8, 4) is 0 Å². The number of ether oxygens (including phenoxy) is 1. The van der Waals surface area contributed by atoms with Crippen molar-refractivity contribution >= 4 is 86.5 Å². The van der Waals surface area contributed by atoms with Gasteiger partial charge in [0.25, 0.3) is 15.6 Å². The van der Waals surface area contributed by atoms with E-state index in [1.807, 2.05) is 0 Å². The zero-order valence-corrected chi connectivity index (χ0v) is 36.7. The number of hydrogen-bond acceptors (Lipinski definition) is 25. The number of anilines is 1. The lowest BCUT2D eigenvalue weighted by atomic mass is 9.87. The smallest absolute Gasteiger partial charge is 0.274 e. The highest BCUT2D eigenvalue weighted by Gasteiger charge is 2.47. The Bertz CT molecular complexity index is 2100. The van der Waals surface area contributed by atoms with E-state index in [0.29, 0.717) is 6.42 Å². The first kappa shape index (κ1) is 52.9. The average molecular weight is 960 g/mol. The fourth-order valence-electron chi connectivity index (χ4n) is 5.42. The van der Waals surface area contributed by atoms with Gasteiger partial charge in [-0.2, -0.15) is 0 Å². The molecular formula is C31H44N7O20P3S-4. The number of thioether (sulfide) groups is 1. The summed E-state index contributed by atoms with van der Waals surface area (Å²) in [6.07, 6.45) is -8.53. The maximum atomic E-state index is 12.6. The summed E-state index contributed by atoms with van der Waals surface area (Å²) >= 11 is 0.737. The van der Waals surface area contributed by atoms with Crippen LogP contribution in [-0.4, -0.2) is 120 Å². The summed E-state index contributed by atoms with van der Waals surface area (Å²) in [7, 11) is -17.7. The van der Waals surface area contributed by atoms with Crippen molar-refractivity contribution in [3.05, 3.63) is 12.7 Å². The number of aromatic nitrogens is 4. The van der Waals surface area contributed by atoms with Gasteiger partial charge >= 0.3 is 0 Å². The molecule has 27 nitrogen and oxygen atoms in total. The van der Waals surface area contributed by atoms with E-state index in [1.54, 1.807) is 6.92 Å². The topological polar surface area (TPSA) is 426 Å². The SMILES string of the molecule is CCCC(=O)CC(=O)CC(=O)CC(=O)SCCNC(=O)CCNC(=O)C(O)C(C)(C)COP(=O)([O-])OP(=O)([O-])OCC1OC(n2cnc3c(N)ncnc32)C(O)C1OP(=O)([O-])[O-]. The zero-order chi connectivity index (χ0) is 46.6. The molecule has 348 valence electrons. The number of carbonyl (C=O) groups excluding carboxylic acids is 6. The molecule has 3 heterocycles. The Morgan fingerprint density at radius 1 is 0.952 bits per heavy atom. The van der Waals surface area contributed by atoms with Crippen molar-refractivity contribution in [3.63, 3.8) is 0 Å². The number of amides is 2. The van der Waals surface area contributed by atoms with E-state index in [0.717, 1.165) is 42.8 Å². The first-order chi connectivity index (χ1) is 28.7. The Hall–Kier alpha value is -3.43. The number of rotatable bonds is 27. The first-order valence-corrected chi connectivity index (χ1v) is 23.6. The van der Waals surface area contributed by atoms with Gasteiger partial charge in [-0.05, 0) is 6.42 Å². The highest BCUT2D eigenvalue weighted by molar-refractivity contribution is 8.13. The van der Waals surface area contributed by atoms with Gasteiger partial charge in [-0.15, -0.1) is 0 Å². The predicted molar refractivity (Wildman–Crippen MR) is 202 cm³/mol. The number of ketones is 3. The predicted octanol–water partition coefficient (Wildman–Crippen LogP) is -3.19. The van der Waals surface area contributed by atoms with E-state index in [-0.39, 0.29) is 60.9 Å². The van der Waals surface area contributed by atoms with Crippen molar-refractivity contribution in [2.45, 2.75) is 89.9 Å². The molecule has 7 atom stereocenters. The van der Waals surface area contributed by atoms with Crippen LogP contribution in [-0.2, 0) is 65.1 Å². The van der Waals surface area contributed by atoms with E-state index < -0.39 is 114 Å². The maximum Gasteiger partial charge on any atom is 0.274 e. The maximum absolute atomic E-state index is 12.6. The van der Waals surface area contributed by atoms with E-state index >= 15 is 0 Å². The number of fused-ring (bicyclic) bond motifs is 1. The summed E-state index contributed by atoms with van der Waals surface area (Å²) < 4.78 is 60.5. The van der Waals surface area contributed by atoms with Gasteiger partial charge in [0.2, 0.25) is 11.8 Å². The summed E-state index contributed by atoms with van der Waals surface area (Å²) in [5, 5.41) is 25.5. The minimum Gasteiger partial charge on any atom is -0.790 e. The fourth-order valence-corrected chi connectivity index (χ4v) is 8.85. The molecule has 1 aliphatic heterocycles. The summed E-state index contributed by atoms with van der Waals surface area (Å²) in [5.41, 5.74) is 3.97. The molecule has 2 aromatic rings. The number of nitrogens with one attached hydrogen (secondary N) is 2. The first-order valence-electron chi connectivity index (χ1n) is 18.3. The Kier molecular flexibility index (Phi) is 19.6. The lowest BCUT2D eigenvalue weighted by Crippen LogP contribution is -2.46. The van der Waals surface area contributed by atoms with E-state index in [1.165, 1.54) is 0 Å². The lowest BCUT2D eigenvalue weighted by molar-refractivity contribution is -0.347. The number of phosphoric ester groups is 3. The molecule has 0 bridgehead atoms. The van der Waals surface area contributed by atoms with Crippen LogP contribution in [0.5, 0.6) is 0 Å². The molecule has 62 heavy (non-hydrogen) atoms. The van der Waals surface area contributed by atoms with Gasteiger partial charge in [0.05, 0.1) is 46.6 Å².